The molecule has 1 fully saturated rings. The average molecular weight is 275 g/mol. The second-order valence-corrected chi connectivity index (χ2v) is 4.70. The van der Waals surface area contributed by atoms with Gasteiger partial charge < -0.3 is 9.84 Å². The third-order valence-corrected chi connectivity index (χ3v) is 3.57. The Morgan fingerprint density at radius 1 is 1.56 bits per heavy atom. The average Bonchev–Trinajstić information content (AvgIpc) is 2.86. The molecule has 1 aliphatic rings. The quantitative estimate of drug-likeness (QED) is 0.907. The highest BCUT2D eigenvalue weighted by molar-refractivity contribution is 5.85. The maximum atomic E-state index is 5.32. The Labute approximate surface area is 115 Å². The van der Waals surface area contributed by atoms with Gasteiger partial charge in [0.2, 0.25) is 5.89 Å². The SMILES string of the molecule is CCc1noc(C(C)N2CCCC(NC)C2)n1.Cl. The molecule has 2 unspecified atom stereocenters. The molecule has 0 bridgehead atoms. The van der Waals surface area contributed by atoms with Crippen molar-refractivity contribution in [1.29, 1.82) is 0 Å². The van der Waals surface area contributed by atoms with Crippen LogP contribution in [0.2, 0.25) is 0 Å². The molecule has 1 aromatic rings. The standard InChI is InChI=1S/C12H22N4O.ClH/c1-4-11-14-12(17-15-11)9(2)16-7-5-6-10(8-16)13-3;/h9-10,13H,4-8H2,1-3H3;1H. The summed E-state index contributed by atoms with van der Waals surface area (Å²) in [5.41, 5.74) is 0. The molecular formula is C12H23ClN4O. The van der Waals surface area contributed by atoms with E-state index in [0.717, 1.165) is 31.2 Å². The number of rotatable bonds is 4. The van der Waals surface area contributed by atoms with Crippen molar-refractivity contribution in [3.8, 4) is 0 Å². The summed E-state index contributed by atoms with van der Waals surface area (Å²) in [7, 11) is 2.03. The van der Waals surface area contributed by atoms with Gasteiger partial charge in [0, 0.05) is 19.0 Å². The third-order valence-electron chi connectivity index (χ3n) is 3.57. The van der Waals surface area contributed by atoms with Gasteiger partial charge in [0.1, 0.15) is 0 Å². The molecule has 1 saturated heterocycles. The van der Waals surface area contributed by atoms with Gasteiger partial charge in [0.25, 0.3) is 0 Å². The lowest BCUT2D eigenvalue weighted by Crippen LogP contribution is -2.45. The van der Waals surface area contributed by atoms with E-state index in [0.29, 0.717) is 6.04 Å². The number of halogens is 1. The molecule has 0 spiro atoms. The first-order valence-electron chi connectivity index (χ1n) is 6.48. The minimum atomic E-state index is 0. The van der Waals surface area contributed by atoms with E-state index in [4.69, 9.17) is 4.52 Å². The summed E-state index contributed by atoms with van der Waals surface area (Å²) in [6.45, 7) is 6.35. The topological polar surface area (TPSA) is 54.2 Å². The number of aryl methyl sites for hydroxylation is 1. The number of aromatic nitrogens is 2. The van der Waals surface area contributed by atoms with Crippen LogP contribution in [0.1, 0.15) is 44.4 Å². The first-order chi connectivity index (χ1) is 8.24. The Kier molecular flexibility index (Phi) is 6.05. The lowest BCUT2D eigenvalue weighted by molar-refractivity contribution is 0.126. The summed E-state index contributed by atoms with van der Waals surface area (Å²) in [5.74, 6) is 1.55. The molecule has 0 radical (unpaired) electrons. The van der Waals surface area contributed by atoms with Crippen molar-refractivity contribution >= 4 is 12.4 Å². The molecule has 2 rings (SSSR count). The van der Waals surface area contributed by atoms with E-state index in [2.05, 4.69) is 27.3 Å². The summed E-state index contributed by atoms with van der Waals surface area (Å²) < 4.78 is 5.32. The van der Waals surface area contributed by atoms with Crippen molar-refractivity contribution in [2.75, 3.05) is 20.1 Å². The first-order valence-corrected chi connectivity index (χ1v) is 6.48. The first kappa shape index (κ1) is 15.4. The Bertz CT molecular complexity index is 358. The Balaban J connectivity index is 0.00000162. The summed E-state index contributed by atoms with van der Waals surface area (Å²) in [4.78, 5) is 6.83. The zero-order valence-corrected chi connectivity index (χ0v) is 12.2. The number of likely N-dealkylation sites (tertiary alicyclic amines) is 1. The van der Waals surface area contributed by atoms with E-state index in [1.54, 1.807) is 0 Å². The van der Waals surface area contributed by atoms with Crippen LogP contribution >= 0.6 is 12.4 Å². The van der Waals surface area contributed by atoms with Crippen molar-refractivity contribution < 1.29 is 4.52 Å². The number of nitrogens with one attached hydrogen (secondary N) is 1. The van der Waals surface area contributed by atoms with Crippen molar-refractivity contribution in [3.05, 3.63) is 11.7 Å². The van der Waals surface area contributed by atoms with E-state index >= 15 is 0 Å². The molecule has 2 heterocycles. The Morgan fingerprint density at radius 2 is 2.33 bits per heavy atom. The molecule has 0 amide bonds. The molecule has 18 heavy (non-hydrogen) atoms. The van der Waals surface area contributed by atoms with E-state index in [-0.39, 0.29) is 18.4 Å². The molecule has 0 aliphatic carbocycles. The lowest BCUT2D eigenvalue weighted by Gasteiger charge is -2.35. The largest absolute Gasteiger partial charge is 0.338 e. The Morgan fingerprint density at radius 3 is 2.94 bits per heavy atom. The van der Waals surface area contributed by atoms with Gasteiger partial charge in [-0.25, -0.2) is 0 Å². The highest BCUT2D eigenvalue weighted by Crippen LogP contribution is 2.22. The minimum absolute atomic E-state index is 0. The van der Waals surface area contributed by atoms with E-state index in [9.17, 15) is 0 Å². The van der Waals surface area contributed by atoms with Crippen LogP contribution in [-0.2, 0) is 6.42 Å². The summed E-state index contributed by atoms with van der Waals surface area (Å²) in [6.07, 6.45) is 3.31. The molecule has 0 saturated carbocycles. The fourth-order valence-corrected chi connectivity index (χ4v) is 2.33. The fourth-order valence-electron chi connectivity index (χ4n) is 2.33. The second-order valence-electron chi connectivity index (χ2n) is 4.70. The van der Waals surface area contributed by atoms with Crippen LogP contribution in [0.15, 0.2) is 4.52 Å². The molecule has 1 N–H and O–H groups in total. The van der Waals surface area contributed by atoms with Crippen molar-refractivity contribution in [2.45, 2.75) is 45.2 Å². The van der Waals surface area contributed by atoms with Gasteiger partial charge in [-0.2, -0.15) is 4.98 Å². The van der Waals surface area contributed by atoms with E-state index < -0.39 is 0 Å². The van der Waals surface area contributed by atoms with Crippen LogP contribution in [0.3, 0.4) is 0 Å². The molecule has 0 aromatic carbocycles. The predicted octanol–water partition coefficient (Wildman–Crippen LogP) is 1.80. The summed E-state index contributed by atoms with van der Waals surface area (Å²) in [5, 5.41) is 7.31. The van der Waals surface area contributed by atoms with Crippen molar-refractivity contribution in [2.24, 2.45) is 0 Å². The van der Waals surface area contributed by atoms with Crippen LogP contribution in [0, 0.1) is 0 Å². The van der Waals surface area contributed by atoms with Crippen LogP contribution < -0.4 is 5.32 Å². The van der Waals surface area contributed by atoms with Crippen molar-refractivity contribution in [1.82, 2.24) is 20.4 Å². The zero-order chi connectivity index (χ0) is 12.3. The second kappa shape index (κ2) is 7.07. The smallest absolute Gasteiger partial charge is 0.243 e. The van der Waals surface area contributed by atoms with Gasteiger partial charge in [-0.1, -0.05) is 12.1 Å². The number of piperidine rings is 1. The van der Waals surface area contributed by atoms with Gasteiger partial charge in [0.05, 0.1) is 6.04 Å². The molecule has 2 atom stereocenters. The van der Waals surface area contributed by atoms with Crippen molar-refractivity contribution in [3.63, 3.8) is 0 Å². The number of hydrogen-bond donors (Lipinski definition) is 1. The maximum Gasteiger partial charge on any atom is 0.243 e. The van der Waals surface area contributed by atoms with Crippen LogP contribution in [0.4, 0.5) is 0 Å². The lowest BCUT2D eigenvalue weighted by atomic mass is 10.0. The number of nitrogens with zero attached hydrogens (tertiary/aromatic N) is 3. The van der Waals surface area contributed by atoms with E-state index in [1.165, 1.54) is 12.8 Å². The molecule has 1 aromatic heterocycles. The zero-order valence-electron chi connectivity index (χ0n) is 11.3. The predicted molar refractivity (Wildman–Crippen MR) is 73.0 cm³/mol. The summed E-state index contributed by atoms with van der Waals surface area (Å²) >= 11 is 0. The van der Waals surface area contributed by atoms with Crippen LogP contribution in [0.5, 0.6) is 0 Å². The molecule has 6 heteroatoms. The highest BCUT2D eigenvalue weighted by atomic mass is 35.5. The normalized spacial score (nSPS) is 22.5. The molecule has 5 nitrogen and oxygen atoms in total. The third kappa shape index (κ3) is 3.43. The van der Waals surface area contributed by atoms with Gasteiger partial charge in [-0.3, -0.25) is 4.90 Å². The van der Waals surface area contributed by atoms with Gasteiger partial charge >= 0.3 is 0 Å². The molecule has 1 aliphatic heterocycles. The highest BCUT2D eigenvalue weighted by Gasteiger charge is 2.26. The molecule has 104 valence electrons. The van der Waals surface area contributed by atoms with Crippen LogP contribution in [-0.4, -0.2) is 41.2 Å². The minimum Gasteiger partial charge on any atom is -0.338 e. The molecular weight excluding hydrogens is 252 g/mol. The van der Waals surface area contributed by atoms with Gasteiger partial charge in [-0.15, -0.1) is 12.4 Å². The fraction of sp³-hybridized carbons (Fsp3) is 0.833. The summed E-state index contributed by atoms with van der Waals surface area (Å²) in [6, 6.07) is 0.804. The number of hydrogen-bond acceptors (Lipinski definition) is 5. The number of likely N-dealkylation sites (N-methyl/N-ethyl adjacent to an activating group) is 1. The Hall–Kier alpha value is -0.650. The van der Waals surface area contributed by atoms with Crippen LogP contribution in [0.25, 0.3) is 0 Å². The monoisotopic (exact) mass is 274 g/mol. The van der Waals surface area contributed by atoms with Gasteiger partial charge in [0.15, 0.2) is 5.82 Å². The van der Waals surface area contributed by atoms with Gasteiger partial charge in [-0.05, 0) is 33.4 Å². The van der Waals surface area contributed by atoms with E-state index in [1.807, 2.05) is 14.0 Å². The maximum absolute atomic E-state index is 5.32.